The van der Waals surface area contributed by atoms with Gasteiger partial charge in [0.1, 0.15) is 5.84 Å². The molecule has 0 unspecified atom stereocenters. The van der Waals surface area contributed by atoms with E-state index in [9.17, 15) is 0 Å². The van der Waals surface area contributed by atoms with Gasteiger partial charge in [0.25, 0.3) is 0 Å². The van der Waals surface area contributed by atoms with Crippen molar-refractivity contribution in [3.63, 3.8) is 0 Å². The zero-order valence-corrected chi connectivity index (χ0v) is 7.01. The summed E-state index contributed by atoms with van der Waals surface area (Å²) in [6.07, 6.45) is 1.02. The average molecular weight is 159 g/mol. The molecule has 0 radical (unpaired) electrons. The van der Waals surface area contributed by atoms with Crippen LogP contribution in [0.25, 0.3) is 0 Å². The van der Waals surface area contributed by atoms with E-state index in [-0.39, 0.29) is 12.4 Å². The van der Waals surface area contributed by atoms with Crippen molar-refractivity contribution in [1.29, 1.82) is 5.41 Å². The van der Waals surface area contributed by atoms with Gasteiger partial charge in [-0.1, -0.05) is 6.92 Å². The summed E-state index contributed by atoms with van der Waals surface area (Å²) in [7, 11) is 0. The summed E-state index contributed by atoms with van der Waals surface area (Å²) in [6, 6.07) is 0. The molecule has 0 atom stereocenters. The summed E-state index contributed by atoms with van der Waals surface area (Å²) in [6.45, 7) is 4.15. The Labute approximate surface area is 67.5 Å². The summed E-state index contributed by atoms with van der Waals surface area (Å²) < 4.78 is 0. The van der Waals surface area contributed by atoms with Gasteiger partial charge in [-0.25, -0.2) is 0 Å². The fourth-order valence-electron chi connectivity index (χ4n) is 0.968. The zero-order valence-electron chi connectivity index (χ0n) is 7.01. The molecule has 0 spiro atoms. The van der Waals surface area contributed by atoms with Gasteiger partial charge in [-0.05, 0) is 13.0 Å². The first-order valence-corrected chi connectivity index (χ1v) is 3.86. The summed E-state index contributed by atoms with van der Waals surface area (Å²) >= 11 is 0. The predicted molar refractivity (Wildman–Crippen MR) is 45.7 cm³/mol. The van der Waals surface area contributed by atoms with E-state index in [2.05, 4.69) is 6.92 Å². The maximum Gasteiger partial charge on any atom is 0.105 e. The minimum Gasteiger partial charge on any atom is -0.395 e. The SMILES string of the molecule is CCCN(CCO)CC(=N)N. The molecular weight excluding hydrogens is 142 g/mol. The van der Waals surface area contributed by atoms with E-state index in [1.807, 2.05) is 4.90 Å². The first kappa shape index (κ1) is 10.4. The summed E-state index contributed by atoms with van der Waals surface area (Å²) in [5, 5.41) is 15.7. The van der Waals surface area contributed by atoms with Crippen LogP contribution in [0.4, 0.5) is 0 Å². The smallest absolute Gasteiger partial charge is 0.105 e. The van der Waals surface area contributed by atoms with Crippen LogP contribution in [-0.4, -0.2) is 42.1 Å². The molecule has 4 N–H and O–H groups in total. The third-order valence-corrected chi connectivity index (χ3v) is 1.35. The molecule has 0 aromatic heterocycles. The van der Waals surface area contributed by atoms with E-state index in [0.29, 0.717) is 13.1 Å². The lowest BCUT2D eigenvalue weighted by Crippen LogP contribution is -2.35. The molecule has 4 heteroatoms. The van der Waals surface area contributed by atoms with Gasteiger partial charge in [0.05, 0.1) is 13.2 Å². The molecule has 4 nitrogen and oxygen atoms in total. The van der Waals surface area contributed by atoms with Crippen molar-refractivity contribution < 1.29 is 5.11 Å². The molecule has 0 rings (SSSR count). The monoisotopic (exact) mass is 159 g/mol. The van der Waals surface area contributed by atoms with Crippen LogP contribution in [0.5, 0.6) is 0 Å². The molecule has 0 saturated carbocycles. The van der Waals surface area contributed by atoms with Gasteiger partial charge in [-0.15, -0.1) is 0 Å². The molecule has 0 aliphatic rings. The fourth-order valence-corrected chi connectivity index (χ4v) is 0.968. The van der Waals surface area contributed by atoms with Crippen molar-refractivity contribution in [1.82, 2.24) is 4.90 Å². The van der Waals surface area contributed by atoms with Crippen molar-refractivity contribution in [2.24, 2.45) is 5.73 Å². The summed E-state index contributed by atoms with van der Waals surface area (Å²) in [5.41, 5.74) is 5.21. The molecule has 0 aromatic carbocycles. The minimum absolute atomic E-state index is 0.132. The molecular formula is C7H17N3O. The number of nitrogens with zero attached hydrogens (tertiary/aromatic N) is 1. The molecule has 11 heavy (non-hydrogen) atoms. The van der Waals surface area contributed by atoms with Crippen LogP contribution in [-0.2, 0) is 0 Å². The lowest BCUT2D eigenvalue weighted by molar-refractivity contribution is 0.212. The number of nitrogens with two attached hydrogens (primary N) is 1. The highest BCUT2D eigenvalue weighted by Gasteiger charge is 2.02. The van der Waals surface area contributed by atoms with Crippen molar-refractivity contribution in [3.05, 3.63) is 0 Å². The van der Waals surface area contributed by atoms with Gasteiger partial charge < -0.3 is 10.8 Å². The summed E-state index contributed by atoms with van der Waals surface area (Å²) in [5.74, 6) is 0.159. The van der Waals surface area contributed by atoms with E-state index in [4.69, 9.17) is 16.2 Å². The topological polar surface area (TPSA) is 73.3 Å². The second kappa shape index (κ2) is 6.12. The molecule has 0 heterocycles. The van der Waals surface area contributed by atoms with Crippen LogP contribution in [0, 0.1) is 5.41 Å². The van der Waals surface area contributed by atoms with Gasteiger partial charge in [-0.3, -0.25) is 10.3 Å². The number of hydrogen-bond donors (Lipinski definition) is 3. The number of hydrogen-bond acceptors (Lipinski definition) is 3. The van der Waals surface area contributed by atoms with E-state index in [0.717, 1.165) is 13.0 Å². The standard InChI is InChI=1S/C7H17N3O/c1-2-3-10(4-5-11)6-7(8)9/h11H,2-6H2,1H3,(H3,8,9). The van der Waals surface area contributed by atoms with E-state index >= 15 is 0 Å². The van der Waals surface area contributed by atoms with Crippen molar-refractivity contribution in [2.45, 2.75) is 13.3 Å². The predicted octanol–water partition coefficient (Wildman–Crippen LogP) is -0.373. The van der Waals surface area contributed by atoms with E-state index in [1.165, 1.54) is 0 Å². The first-order chi connectivity index (χ1) is 5.20. The molecule has 0 fully saturated rings. The minimum atomic E-state index is 0.132. The van der Waals surface area contributed by atoms with Gasteiger partial charge in [0, 0.05) is 6.54 Å². The Bertz CT molecular complexity index is 110. The number of amidine groups is 1. The third-order valence-electron chi connectivity index (χ3n) is 1.35. The number of rotatable bonds is 6. The Kier molecular flexibility index (Phi) is 5.78. The Hall–Kier alpha value is -0.610. The Balaban J connectivity index is 3.59. The maximum atomic E-state index is 8.62. The highest BCUT2D eigenvalue weighted by atomic mass is 16.3. The fraction of sp³-hybridized carbons (Fsp3) is 0.857. The molecule has 0 aromatic rings. The number of aliphatic hydroxyl groups is 1. The Morgan fingerprint density at radius 2 is 2.18 bits per heavy atom. The molecule has 0 bridgehead atoms. The third kappa shape index (κ3) is 5.82. The Morgan fingerprint density at radius 3 is 2.55 bits per heavy atom. The molecule has 66 valence electrons. The largest absolute Gasteiger partial charge is 0.395 e. The van der Waals surface area contributed by atoms with Crippen LogP contribution in [0.1, 0.15) is 13.3 Å². The van der Waals surface area contributed by atoms with Crippen LogP contribution in [0.15, 0.2) is 0 Å². The molecule has 0 aliphatic carbocycles. The summed E-state index contributed by atoms with van der Waals surface area (Å²) in [4.78, 5) is 1.96. The number of nitrogens with one attached hydrogen (secondary N) is 1. The first-order valence-electron chi connectivity index (χ1n) is 3.86. The van der Waals surface area contributed by atoms with Crippen molar-refractivity contribution >= 4 is 5.84 Å². The molecule has 0 amide bonds. The average Bonchev–Trinajstić information content (AvgIpc) is 1.87. The van der Waals surface area contributed by atoms with Crippen molar-refractivity contribution in [3.8, 4) is 0 Å². The van der Waals surface area contributed by atoms with Crippen LogP contribution in [0.2, 0.25) is 0 Å². The zero-order chi connectivity index (χ0) is 8.69. The maximum absolute atomic E-state index is 8.62. The van der Waals surface area contributed by atoms with Gasteiger partial charge >= 0.3 is 0 Å². The second-order valence-corrected chi connectivity index (χ2v) is 2.52. The quantitative estimate of drug-likeness (QED) is 0.365. The Morgan fingerprint density at radius 1 is 1.55 bits per heavy atom. The van der Waals surface area contributed by atoms with Crippen LogP contribution >= 0.6 is 0 Å². The van der Waals surface area contributed by atoms with Gasteiger partial charge in [0.2, 0.25) is 0 Å². The second-order valence-electron chi connectivity index (χ2n) is 2.52. The van der Waals surface area contributed by atoms with Crippen LogP contribution in [0.3, 0.4) is 0 Å². The van der Waals surface area contributed by atoms with Gasteiger partial charge in [-0.2, -0.15) is 0 Å². The van der Waals surface area contributed by atoms with E-state index in [1.54, 1.807) is 0 Å². The molecule has 0 saturated heterocycles. The highest BCUT2D eigenvalue weighted by Crippen LogP contribution is 1.89. The van der Waals surface area contributed by atoms with Gasteiger partial charge in [0.15, 0.2) is 0 Å². The van der Waals surface area contributed by atoms with Crippen LogP contribution < -0.4 is 5.73 Å². The highest BCUT2D eigenvalue weighted by molar-refractivity contribution is 5.78. The lowest BCUT2D eigenvalue weighted by Gasteiger charge is -2.18. The molecule has 0 aliphatic heterocycles. The normalized spacial score (nSPS) is 10.5. The lowest BCUT2D eigenvalue weighted by atomic mass is 10.4. The van der Waals surface area contributed by atoms with Crippen molar-refractivity contribution in [2.75, 3.05) is 26.2 Å². The number of aliphatic hydroxyl groups excluding tert-OH is 1. The van der Waals surface area contributed by atoms with E-state index < -0.39 is 0 Å².